The SMILES string of the molecule is CC1CCC(NC(=O)C(CCS(C)(=O)=O)N2C(=O)c3ccccc3C2=O)CC1. The molecule has 1 aromatic carbocycles. The molecule has 1 atom stereocenters. The summed E-state index contributed by atoms with van der Waals surface area (Å²) in [5.41, 5.74) is 0.493. The van der Waals surface area contributed by atoms with E-state index >= 15 is 0 Å². The van der Waals surface area contributed by atoms with Crippen LogP contribution in [0.3, 0.4) is 0 Å². The first kappa shape index (κ1) is 20.5. The Bertz CT molecular complexity index is 853. The molecule has 8 heteroatoms. The first-order valence-corrected chi connectivity index (χ1v) is 11.7. The molecule has 1 N–H and O–H groups in total. The van der Waals surface area contributed by atoms with Crippen LogP contribution in [0.2, 0.25) is 0 Å². The number of carbonyl (C=O) groups is 3. The van der Waals surface area contributed by atoms with E-state index in [1.54, 1.807) is 24.3 Å². The van der Waals surface area contributed by atoms with Crippen LogP contribution in [-0.2, 0) is 14.6 Å². The quantitative estimate of drug-likeness (QED) is 0.726. The smallest absolute Gasteiger partial charge is 0.262 e. The lowest BCUT2D eigenvalue weighted by atomic mass is 9.87. The molecule has 0 aromatic heterocycles. The molecule has 28 heavy (non-hydrogen) atoms. The number of sulfone groups is 1. The van der Waals surface area contributed by atoms with Crippen LogP contribution in [-0.4, -0.2) is 55.1 Å². The molecule has 0 spiro atoms. The Kier molecular flexibility index (Phi) is 5.88. The second-order valence-electron chi connectivity index (χ2n) is 7.93. The predicted molar refractivity (Wildman–Crippen MR) is 105 cm³/mol. The fourth-order valence-electron chi connectivity index (χ4n) is 3.90. The molecule has 3 rings (SSSR count). The summed E-state index contributed by atoms with van der Waals surface area (Å²) in [6.07, 6.45) is 4.66. The number of rotatable bonds is 6. The molecule has 3 amide bonds. The van der Waals surface area contributed by atoms with Crippen LogP contribution in [0.15, 0.2) is 24.3 Å². The lowest BCUT2D eigenvalue weighted by Crippen LogP contribution is -2.52. The van der Waals surface area contributed by atoms with Crippen LogP contribution in [0.4, 0.5) is 0 Å². The Hall–Kier alpha value is -2.22. The standard InChI is InChI=1S/C20H26N2O5S/c1-13-7-9-14(10-8-13)21-18(23)17(11-12-28(2,26)27)22-19(24)15-5-3-4-6-16(15)20(22)25/h3-6,13-14,17H,7-12H2,1-2H3,(H,21,23). The van der Waals surface area contributed by atoms with E-state index in [1.807, 2.05) is 0 Å². The molecule has 7 nitrogen and oxygen atoms in total. The number of amides is 3. The number of imide groups is 1. The van der Waals surface area contributed by atoms with E-state index in [-0.39, 0.29) is 29.3 Å². The molecule has 1 aliphatic heterocycles. The Morgan fingerprint density at radius 1 is 1.11 bits per heavy atom. The maximum atomic E-state index is 13.0. The normalized spacial score (nSPS) is 23.4. The van der Waals surface area contributed by atoms with Gasteiger partial charge in [0.05, 0.1) is 16.9 Å². The van der Waals surface area contributed by atoms with Crippen molar-refractivity contribution in [3.8, 4) is 0 Å². The minimum absolute atomic E-state index is 0.0142. The van der Waals surface area contributed by atoms with Gasteiger partial charge in [0.1, 0.15) is 15.9 Å². The maximum Gasteiger partial charge on any atom is 0.262 e. The number of fused-ring (bicyclic) bond motifs is 1. The number of hydrogen-bond donors (Lipinski definition) is 1. The lowest BCUT2D eigenvalue weighted by molar-refractivity contribution is -0.126. The minimum atomic E-state index is -3.35. The highest BCUT2D eigenvalue weighted by molar-refractivity contribution is 7.90. The molecule has 152 valence electrons. The number of hydrogen-bond acceptors (Lipinski definition) is 5. The average molecular weight is 407 g/mol. The van der Waals surface area contributed by atoms with E-state index in [2.05, 4.69) is 12.2 Å². The van der Waals surface area contributed by atoms with Gasteiger partial charge in [0.25, 0.3) is 11.8 Å². The highest BCUT2D eigenvalue weighted by Crippen LogP contribution is 2.27. The number of carbonyl (C=O) groups excluding carboxylic acids is 3. The molecular formula is C20H26N2O5S. The van der Waals surface area contributed by atoms with Crippen LogP contribution in [0.1, 0.15) is 59.7 Å². The van der Waals surface area contributed by atoms with Crippen molar-refractivity contribution in [2.45, 2.75) is 51.1 Å². The Morgan fingerprint density at radius 3 is 2.14 bits per heavy atom. The van der Waals surface area contributed by atoms with Crippen molar-refractivity contribution in [1.82, 2.24) is 10.2 Å². The van der Waals surface area contributed by atoms with Crippen molar-refractivity contribution in [3.63, 3.8) is 0 Å². The summed E-state index contributed by atoms with van der Waals surface area (Å²) < 4.78 is 23.3. The van der Waals surface area contributed by atoms with Crippen molar-refractivity contribution in [1.29, 1.82) is 0 Å². The Balaban J connectivity index is 1.82. The van der Waals surface area contributed by atoms with Crippen molar-refractivity contribution in [2.24, 2.45) is 5.92 Å². The van der Waals surface area contributed by atoms with Gasteiger partial charge < -0.3 is 5.32 Å². The Morgan fingerprint density at radius 2 is 1.64 bits per heavy atom. The largest absolute Gasteiger partial charge is 0.352 e. The fourth-order valence-corrected chi connectivity index (χ4v) is 4.55. The van der Waals surface area contributed by atoms with Crippen LogP contribution in [0.25, 0.3) is 0 Å². The zero-order chi connectivity index (χ0) is 20.5. The second-order valence-corrected chi connectivity index (χ2v) is 10.2. The molecule has 0 saturated heterocycles. The van der Waals surface area contributed by atoms with Crippen LogP contribution >= 0.6 is 0 Å². The lowest BCUT2D eigenvalue weighted by Gasteiger charge is -2.31. The van der Waals surface area contributed by atoms with Crippen molar-refractivity contribution in [2.75, 3.05) is 12.0 Å². The van der Waals surface area contributed by atoms with Crippen molar-refractivity contribution < 1.29 is 22.8 Å². The molecule has 1 heterocycles. The monoisotopic (exact) mass is 406 g/mol. The van der Waals surface area contributed by atoms with Gasteiger partial charge in [0.2, 0.25) is 5.91 Å². The summed E-state index contributed by atoms with van der Waals surface area (Å²) in [6.45, 7) is 2.17. The highest BCUT2D eigenvalue weighted by Gasteiger charge is 2.43. The van der Waals surface area contributed by atoms with Gasteiger partial charge in [-0.3, -0.25) is 19.3 Å². The molecule has 1 fully saturated rings. The molecule has 2 aliphatic rings. The molecule has 0 radical (unpaired) electrons. The second kappa shape index (κ2) is 8.03. The van der Waals surface area contributed by atoms with E-state index in [0.29, 0.717) is 5.92 Å². The molecule has 1 unspecified atom stereocenters. The third kappa shape index (κ3) is 4.43. The summed E-state index contributed by atoms with van der Waals surface area (Å²) in [7, 11) is -3.35. The number of benzene rings is 1. The highest BCUT2D eigenvalue weighted by atomic mass is 32.2. The topological polar surface area (TPSA) is 101 Å². The van der Waals surface area contributed by atoms with Crippen LogP contribution < -0.4 is 5.32 Å². The molecule has 0 bridgehead atoms. The number of nitrogens with one attached hydrogen (secondary N) is 1. The van der Waals surface area contributed by atoms with Gasteiger partial charge in [-0.1, -0.05) is 19.1 Å². The minimum Gasteiger partial charge on any atom is -0.352 e. The third-order valence-corrected chi connectivity index (χ3v) is 6.54. The van der Waals surface area contributed by atoms with Crippen molar-refractivity contribution in [3.05, 3.63) is 35.4 Å². The van der Waals surface area contributed by atoms with Gasteiger partial charge in [0.15, 0.2) is 0 Å². The first-order chi connectivity index (χ1) is 13.2. The van der Waals surface area contributed by atoms with Gasteiger partial charge in [-0.2, -0.15) is 0 Å². The average Bonchev–Trinajstić information content (AvgIpc) is 2.88. The first-order valence-electron chi connectivity index (χ1n) is 9.62. The fraction of sp³-hybridized carbons (Fsp3) is 0.550. The summed E-state index contributed by atoms with van der Waals surface area (Å²) in [5.74, 6) is -1.22. The van der Waals surface area contributed by atoms with E-state index in [0.717, 1.165) is 36.8 Å². The summed E-state index contributed by atoms with van der Waals surface area (Å²) in [4.78, 5) is 39.5. The van der Waals surface area contributed by atoms with Gasteiger partial charge in [-0.25, -0.2) is 8.42 Å². The van der Waals surface area contributed by atoms with Gasteiger partial charge >= 0.3 is 0 Å². The summed E-state index contributed by atoms with van der Waals surface area (Å²) in [5, 5.41) is 2.94. The van der Waals surface area contributed by atoms with Crippen LogP contribution in [0, 0.1) is 5.92 Å². The number of nitrogens with zero attached hydrogens (tertiary/aromatic N) is 1. The van der Waals surface area contributed by atoms with E-state index < -0.39 is 33.6 Å². The third-order valence-electron chi connectivity index (χ3n) is 5.56. The van der Waals surface area contributed by atoms with E-state index in [9.17, 15) is 22.8 Å². The summed E-state index contributed by atoms with van der Waals surface area (Å²) in [6, 6.07) is 5.25. The van der Waals surface area contributed by atoms with Gasteiger partial charge in [0, 0.05) is 12.3 Å². The van der Waals surface area contributed by atoms with Crippen LogP contribution in [0.5, 0.6) is 0 Å². The maximum absolute atomic E-state index is 13.0. The zero-order valence-corrected chi connectivity index (χ0v) is 17.0. The van der Waals surface area contributed by atoms with Gasteiger partial charge in [-0.15, -0.1) is 0 Å². The zero-order valence-electron chi connectivity index (χ0n) is 16.2. The van der Waals surface area contributed by atoms with E-state index in [1.165, 1.54) is 0 Å². The molecule has 1 aromatic rings. The Labute approximate surface area is 165 Å². The molecule has 1 aliphatic carbocycles. The van der Waals surface area contributed by atoms with Crippen molar-refractivity contribution >= 4 is 27.6 Å². The predicted octanol–water partition coefficient (Wildman–Crippen LogP) is 1.78. The molecule has 1 saturated carbocycles. The van der Waals surface area contributed by atoms with Gasteiger partial charge in [-0.05, 0) is 50.2 Å². The summed E-state index contributed by atoms with van der Waals surface area (Å²) >= 11 is 0. The molecular weight excluding hydrogens is 380 g/mol. The van der Waals surface area contributed by atoms with E-state index in [4.69, 9.17) is 0 Å².